The monoisotopic (exact) mass is 532 g/mol. The Hall–Kier alpha value is -4.22. The normalized spacial score (nSPS) is 13.6. The lowest BCUT2D eigenvalue weighted by Crippen LogP contribution is -2.49. The Morgan fingerprint density at radius 2 is 1.49 bits per heavy atom. The van der Waals surface area contributed by atoms with Crippen LogP contribution in [0.2, 0.25) is 5.02 Å². The molecule has 1 aromatic heterocycles. The molecule has 6 rings (SSSR count). The third-order valence-electron chi connectivity index (χ3n) is 7.40. The highest BCUT2D eigenvalue weighted by Gasteiger charge is 2.26. The van der Waals surface area contributed by atoms with E-state index in [0.29, 0.717) is 37.0 Å². The molecule has 0 N–H and O–H groups in total. The van der Waals surface area contributed by atoms with Crippen LogP contribution in [0.3, 0.4) is 0 Å². The van der Waals surface area contributed by atoms with E-state index in [-0.39, 0.29) is 5.91 Å². The Morgan fingerprint density at radius 1 is 0.795 bits per heavy atom. The average molecular weight is 533 g/mol. The lowest BCUT2D eigenvalue weighted by atomic mass is 10.0. The van der Waals surface area contributed by atoms with Crippen LogP contribution in [-0.4, -0.2) is 47.0 Å². The van der Waals surface area contributed by atoms with Crippen molar-refractivity contribution in [1.29, 1.82) is 0 Å². The highest BCUT2D eigenvalue weighted by Crippen LogP contribution is 2.29. The zero-order valence-electron chi connectivity index (χ0n) is 21.8. The van der Waals surface area contributed by atoms with Crippen molar-refractivity contribution in [3.05, 3.63) is 124 Å². The van der Waals surface area contributed by atoms with Gasteiger partial charge in [-0.2, -0.15) is 0 Å². The van der Waals surface area contributed by atoms with Gasteiger partial charge in [-0.25, -0.2) is 9.97 Å². The fourth-order valence-electron chi connectivity index (χ4n) is 5.28. The molecule has 5 nitrogen and oxygen atoms in total. The summed E-state index contributed by atoms with van der Waals surface area (Å²) in [5, 5.41) is 2.76. The number of anilines is 1. The van der Waals surface area contributed by atoms with Gasteiger partial charge in [0.1, 0.15) is 5.82 Å². The molecule has 0 saturated carbocycles. The Kier molecular flexibility index (Phi) is 6.99. The second-order valence-electron chi connectivity index (χ2n) is 9.91. The number of fused-ring (bicyclic) bond motifs is 1. The minimum absolute atomic E-state index is 0.0803. The highest BCUT2D eigenvalue weighted by molar-refractivity contribution is 6.30. The maximum absolute atomic E-state index is 13.6. The van der Waals surface area contributed by atoms with Crippen molar-refractivity contribution >= 4 is 34.1 Å². The van der Waals surface area contributed by atoms with E-state index in [0.717, 1.165) is 45.4 Å². The maximum Gasteiger partial charge on any atom is 0.254 e. The number of aromatic nitrogens is 2. The minimum Gasteiger partial charge on any atom is -0.353 e. The van der Waals surface area contributed by atoms with Gasteiger partial charge in [0.05, 0.1) is 0 Å². The van der Waals surface area contributed by atoms with E-state index in [1.54, 1.807) is 0 Å². The van der Waals surface area contributed by atoms with Crippen molar-refractivity contribution < 1.29 is 4.79 Å². The largest absolute Gasteiger partial charge is 0.353 e. The van der Waals surface area contributed by atoms with Crippen molar-refractivity contribution in [3.8, 4) is 11.4 Å². The first-order valence-electron chi connectivity index (χ1n) is 13.3. The second kappa shape index (κ2) is 10.9. The number of halogens is 1. The van der Waals surface area contributed by atoms with Crippen LogP contribution >= 0.6 is 11.6 Å². The zero-order chi connectivity index (χ0) is 26.8. The third kappa shape index (κ3) is 5.23. The number of benzene rings is 4. The van der Waals surface area contributed by atoms with Crippen LogP contribution in [0.25, 0.3) is 22.2 Å². The van der Waals surface area contributed by atoms with Gasteiger partial charge >= 0.3 is 0 Å². The molecule has 0 atom stereocenters. The standard InChI is InChI=1S/C33H29ClN4O/c1-23-30(22-24-8-3-2-4-9-24)32(36-31(35-23)26-14-16-27(34)17-15-26)37-18-20-38(21-19-37)33(39)29-13-7-11-25-10-5-6-12-28(25)29/h2-17H,18-22H2,1H3. The summed E-state index contributed by atoms with van der Waals surface area (Å²) in [6, 6.07) is 32.1. The van der Waals surface area contributed by atoms with Gasteiger partial charge in [0.25, 0.3) is 5.91 Å². The third-order valence-corrected chi connectivity index (χ3v) is 7.66. The number of carbonyl (C=O) groups excluding carboxylic acids is 1. The number of hydrogen-bond acceptors (Lipinski definition) is 4. The molecule has 1 amide bonds. The number of aryl methyl sites for hydroxylation is 1. The van der Waals surface area contributed by atoms with Crippen LogP contribution in [0, 0.1) is 6.92 Å². The van der Waals surface area contributed by atoms with Crippen LogP contribution in [0.5, 0.6) is 0 Å². The molecule has 1 aliphatic heterocycles. The number of rotatable bonds is 5. The quantitative estimate of drug-likeness (QED) is 0.249. The predicted molar refractivity (Wildman–Crippen MR) is 159 cm³/mol. The molecule has 4 aromatic carbocycles. The number of amides is 1. The molecule has 194 valence electrons. The average Bonchev–Trinajstić information content (AvgIpc) is 2.98. The summed E-state index contributed by atoms with van der Waals surface area (Å²) in [7, 11) is 0. The minimum atomic E-state index is 0.0803. The van der Waals surface area contributed by atoms with Gasteiger partial charge in [-0.1, -0.05) is 78.3 Å². The van der Waals surface area contributed by atoms with Crippen LogP contribution in [0.1, 0.15) is 27.2 Å². The Balaban J connectivity index is 1.30. The molecule has 1 saturated heterocycles. The van der Waals surface area contributed by atoms with E-state index < -0.39 is 0 Å². The number of hydrogen-bond donors (Lipinski definition) is 0. The van der Waals surface area contributed by atoms with E-state index in [4.69, 9.17) is 21.6 Å². The van der Waals surface area contributed by atoms with Gasteiger partial charge in [-0.3, -0.25) is 4.79 Å². The molecule has 6 heteroatoms. The molecule has 5 aromatic rings. The Labute approximate surface area is 233 Å². The van der Waals surface area contributed by atoms with Crippen LogP contribution in [-0.2, 0) is 6.42 Å². The molecule has 1 aliphatic rings. The van der Waals surface area contributed by atoms with Crippen LogP contribution in [0.4, 0.5) is 5.82 Å². The summed E-state index contributed by atoms with van der Waals surface area (Å²) in [6.07, 6.45) is 0.748. The molecular weight excluding hydrogens is 504 g/mol. The molecule has 1 fully saturated rings. The smallest absolute Gasteiger partial charge is 0.254 e. The number of nitrogens with zero attached hydrogens (tertiary/aromatic N) is 4. The number of piperazine rings is 1. The molecule has 0 aliphatic carbocycles. The lowest BCUT2D eigenvalue weighted by molar-refractivity contribution is 0.0748. The van der Waals surface area contributed by atoms with Gasteiger partial charge < -0.3 is 9.80 Å². The first-order valence-corrected chi connectivity index (χ1v) is 13.6. The molecule has 0 unspecified atom stereocenters. The predicted octanol–water partition coefficient (Wildman–Crippen LogP) is 6.81. The van der Waals surface area contributed by atoms with Crippen LogP contribution < -0.4 is 4.90 Å². The topological polar surface area (TPSA) is 49.3 Å². The van der Waals surface area contributed by atoms with E-state index in [1.165, 1.54) is 5.56 Å². The van der Waals surface area contributed by atoms with E-state index in [1.807, 2.05) is 77.7 Å². The molecular formula is C33H29ClN4O. The number of carbonyl (C=O) groups is 1. The van der Waals surface area contributed by atoms with Crippen molar-refractivity contribution in [2.75, 3.05) is 31.1 Å². The first kappa shape index (κ1) is 25.1. The van der Waals surface area contributed by atoms with Gasteiger partial charge in [-0.15, -0.1) is 0 Å². The van der Waals surface area contributed by atoms with Crippen molar-refractivity contribution in [1.82, 2.24) is 14.9 Å². The van der Waals surface area contributed by atoms with Gasteiger partial charge in [0.2, 0.25) is 0 Å². The lowest BCUT2D eigenvalue weighted by Gasteiger charge is -2.36. The SMILES string of the molecule is Cc1nc(-c2ccc(Cl)cc2)nc(N2CCN(C(=O)c3cccc4ccccc34)CC2)c1Cc1ccccc1. The van der Waals surface area contributed by atoms with Gasteiger partial charge in [0, 0.05) is 60.0 Å². The molecule has 0 radical (unpaired) electrons. The van der Waals surface area contributed by atoms with Crippen molar-refractivity contribution in [3.63, 3.8) is 0 Å². The van der Waals surface area contributed by atoms with Crippen molar-refractivity contribution in [2.45, 2.75) is 13.3 Å². The fraction of sp³-hybridized carbons (Fsp3) is 0.182. The zero-order valence-corrected chi connectivity index (χ0v) is 22.6. The van der Waals surface area contributed by atoms with E-state index >= 15 is 0 Å². The molecule has 39 heavy (non-hydrogen) atoms. The molecule has 2 heterocycles. The summed E-state index contributed by atoms with van der Waals surface area (Å²) >= 11 is 6.13. The Morgan fingerprint density at radius 3 is 2.26 bits per heavy atom. The van der Waals surface area contributed by atoms with Gasteiger partial charge in [0.15, 0.2) is 5.82 Å². The summed E-state index contributed by atoms with van der Waals surface area (Å²) in [4.78, 5) is 27.8. The highest BCUT2D eigenvalue weighted by atomic mass is 35.5. The fourth-order valence-corrected chi connectivity index (χ4v) is 5.41. The van der Waals surface area contributed by atoms with E-state index in [9.17, 15) is 4.79 Å². The molecule has 0 bridgehead atoms. The summed E-state index contributed by atoms with van der Waals surface area (Å²) in [6.45, 7) is 4.73. The summed E-state index contributed by atoms with van der Waals surface area (Å²) in [5.74, 6) is 1.70. The molecule has 0 spiro atoms. The first-order chi connectivity index (χ1) is 19.1. The van der Waals surface area contributed by atoms with Crippen LogP contribution in [0.15, 0.2) is 97.1 Å². The maximum atomic E-state index is 13.6. The van der Waals surface area contributed by atoms with Crippen molar-refractivity contribution in [2.24, 2.45) is 0 Å². The summed E-state index contributed by atoms with van der Waals surface area (Å²) in [5.41, 5.74) is 4.99. The second-order valence-corrected chi connectivity index (χ2v) is 10.3. The van der Waals surface area contributed by atoms with E-state index in [2.05, 4.69) is 36.1 Å². The summed E-state index contributed by atoms with van der Waals surface area (Å²) < 4.78 is 0. The van der Waals surface area contributed by atoms with Gasteiger partial charge in [-0.05, 0) is 53.6 Å². The Bertz CT molecular complexity index is 1620.